The molecule has 0 atom stereocenters. The van der Waals surface area contributed by atoms with E-state index in [9.17, 15) is 9.59 Å². The number of rotatable bonds is 9. The number of nitrogens with one attached hydrogen (secondary N) is 1. The van der Waals surface area contributed by atoms with Gasteiger partial charge < -0.3 is 30.0 Å². The Balaban J connectivity index is 2.42. The van der Waals surface area contributed by atoms with Crippen molar-refractivity contribution in [3.05, 3.63) is 40.4 Å². The number of halogens is 1. The van der Waals surface area contributed by atoms with E-state index < -0.39 is 11.8 Å². The summed E-state index contributed by atoms with van der Waals surface area (Å²) in [5.74, 6) is 0.0466. The molecule has 0 fully saturated rings. The average Bonchev–Trinajstić information content (AvgIpc) is 2.71. The lowest BCUT2D eigenvalue weighted by Gasteiger charge is -2.16. The van der Waals surface area contributed by atoms with Crippen LogP contribution in [0.5, 0.6) is 23.0 Å². The minimum absolute atomic E-state index is 0.0666. The van der Waals surface area contributed by atoms with Gasteiger partial charge >= 0.3 is 0 Å². The Morgan fingerprint density at radius 2 is 1.62 bits per heavy atom. The Labute approximate surface area is 173 Å². The van der Waals surface area contributed by atoms with Crippen LogP contribution in [-0.4, -0.2) is 39.8 Å². The number of anilines is 1. The van der Waals surface area contributed by atoms with Crippen LogP contribution in [0.3, 0.4) is 0 Å². The second kappa shape index (κ2) is 9.88. The summed E-state index contributed by atoms with van der Waals surface area (Å²) in [6.45, 7) is 2.41. The van der Waals surface area contributed by atoms with E-state index in [1.807, 2.05) is 6.92 Å². The molecule has 2 aromatic carbocycles. The molecule has 0 spiro atoms. The summed E-state index contributed by atoms with van der Waals surface area (Å²) in [5, 5.41) is 2.87. The number of nitrogens with two attached hydrogens (primary N) is 1. The number of hydrogen-bond acceptors (Lipinski definition) is 6. The molecule has 0 saturated carbocycles. The molecule has 9 heteroatoms. The largest absolute Gasteiger partial charge is 0.493 e. The number of primary amides is 1. The van der Waals surface area contributed by atoms with Crippen molar-refractivity contribution < 1.29 is 28.5 Å². The van der Waals surface area contributed by atoms with E-state index in [0.29, 0.717) is 29.6 Å². The highest BCUT2D eigenvalue weighted by atomic mass is 35.5. The molecule has 0 aromatic heterocycles. The zero-order valence-corrected chi connectivity index (χ0v) is 17.4. The maximum Gasteiger partial charge on any atom is 0.255 e. The number of carbonyl (C=O) groups excluding carboxylic acids is 2. The van der Waals surface area contributed by atoms with Gasteiger partial charge in [0.1, 0.15) is 0 Å². The Kier molecular flexibility index (Phi) is 7.55. The lowest BCUT2D eigenvalue weighted by atomic mass is 10.1. The number of methoxy groups -OCH3 is 3. The molecule has 29 heavy (non-hydrogen) atoms. The molecule has 0 saturated heterocycles. The van der Waals surface area contributed by atoms with Crippen molar-refractivity contribution in [2.24, 2.45) is 5.73 Å². The van der Waals surface area contributed by atoms with Crippen LogP contribution in [0.1, 0.15) is 34.1 Å². The first-order chi connectivity index (χ1) is 13.9. The van der Waals surface area contributed by atoms with Crippen LogP contribution in [0, 0.1) is 0 Å². The topological polar surface area (TPSA) is 109 Å². The predicted molar refractivity (Wildman–Crippen MR) is 110 cm³/mol. The number of carbonyl (C=O) groups is 2. The van der Waals surface area contributed by atoms with Gasteiger partial charge in [0, 0.05) is 11.6 Å². The summed E-state index contributed by atoms with van der Waals surface area (Å²) in [6, 6.07) is 5.80. The molecule has 0 aliphatic carbocycles. The second-order valence-electron chi connectivity index (χ2n) is 5.91. The normalized spacial score (nSPS) is 10.2. The van der Waals surface area contributed by atoms with Crippen LogP contribution in [0.25, 0.3) is 0 Å². The van der Waals surface area contributed by atoms with Crippen molar-refractivity contribution in [1.82, 2.24) is 0 Å². The summed E-state index contributed by atoms with van der Waals surface area (Å²) in [7, 11) is 4.32. The zero-order valence-electron chi connectivity index (χ0n) is 16.6. The summed E-state index contributed by atoms with van der Waals surface area (Å²) >= 11 is 6.27. The Morgan fingerprint density at radius 1 is 1.00 bits per heavy atom. The first kappa shape index (κ1) is 22.2. The molecule has 0 aliphatic rings. The van der Waals surface area contributed by atoms with Crippen LogP contribution in [-0.2, 0) is 0 Å². The van der Waals surface area contributed by atoms with Gasteiger partial charge in [0.2, 0.25) is 0 Å². The zero-order chi connectivity index (χ0) is 21.6. The van der Waals surface area contributed by atoms with Crippen LogP contribution < -0.4 is 30.0 Å². The molecule has 2 amide bonds. The Morgan fingerprint density at radius 3 is 2.17 bits per heavy atom. The van der Waals surface area contributed by atoms with E-state index in [2.05, 4.69) is 5.32 Å². The highest BCUT2D eigenvalue weighted by Gasteiger charge is 2.20. The fourth-order valence-corrected chi connectivity index (χ4v) is 2.84. The van der Waals surface area contributed by atoms with Gasteiger partial charge in [-0.2, -0.15) is 0 Å². The third-order valence-corrected chi connectivity index (χ3v) is 4.26. The minimum atomic E-state index is -0.736. The standard InChI is InChI=1S/C20H23ClN2O6/c1-5-6-29-18-13(21)7-11(8-17(18)28-4)20(25)23-14-10-16(27-3)15(26-2)9-12(14)19(22)24/h7-10H,5-6H2,1-4H3,(H2,22,24)(H,23,25). The summed E-state index contributed by atoms with van der Waals surface area (Å²) in [5.41, 5.74) is 5.88. The number of benzene rings is 2. The van der Waals surface area contributed by atoms with Crippen molar-refractivity contribution >= 4 is 29.1 Å². The molecule has 0 bridgehead atoms. The number of hydrogen-bond donors (Lipinski definition) is 2. The Hall–Kier alpha value is -3.13. The van der Waals surface area contributed by atoms with Crippen LogP contribution in [0.4, 0.5) is 5.69 Å². The van der Waals surface area contributed by atoms with E-state index in [0.717, 1.165) is 6.42 Å². The van der Waals surface area contributed by atoms with Gasteiger partial charge in [0.25, 0.3) is 11.8 Å². The molecule has 0 heterocycles. The molecule has 8 nitrogen and oxygen atoms in total. The van der Waals surface area contributed by atoms with Crippen molar-refractivity contribution in [2.45, 2.75) is 13.3 Å². The third-order valence-electron chi connectivity index (χ3n) is 3.98. The van der Waals surface area contributed by atoms with Crippen molar-refractivity contribution in [3.63, 3.8) is 0 Å². The van der Waals surface area contributed by atoms with Crippen molar-refractivity contribution in [2.75, 3.05) is 33.3 Å². The lowest BCUT2D eigenvalue weighted by molar-refractivity contribution is 0.100. The van der Waals surface area contributed by atoms with Gasteiger partial charge in [-0.25, -0.2) is 0 Å². The summed E-state index contributed by atoms with van der Waals surface area (Å²) in [4.78, 5) is 24.6. The maximum atomic E-state index is 12.8. The number of amides is 2. The highest BCUT2D eigenvalue weighted by Crippen LogP contribution is 2.37. The average molecular weight is 423 g/mol. The minimum Gasteiger partial charge on any atom is -0.493 e. The monoisotopic (exact) mass is 422 g/mol. The van der Waals surface area contributed by atoms with Gasteiger partial charge in [-0.15, -0.1) is 0 Å². The van der Waals surface area contributed by atoms with E-state index in [1.165, 1.54) is 45.6 Å². The summed E-state index contributed by atoms with van der Waals surface area (Å²) < 4.78 is 21.3. The van der Waals surface area contributed by atoms with E-state index in [1.54, 1.807) is 0 Å². The molecule has 2 aromatic rings. The molecule has 2 rings (SSSR count). The van der Waals surface area contributed by atoms with Crippen LogP contribution in [0.2, 0.25) is 5.02 Å². The van der Waals surface area contributed by atoms with E-state index in [4.69, 9.17) is 36.3 Å². The van der Waals surface area contributed by atoms with Gasteiger partial charge in [-0.1, -0.05) is 18.5 Å². The van der Waals surface area contributed by atoms with Crippen molar-refractivity contribution in [3.8, 4) is 23.0 Å². The molecular formula is C20H23ClN2O6. The maximum absolute atomic E-state index is 12.8. The quantitative estimate of drug-likeness (QED) is 0.640. The van der Waals surface area contributed by atoms with Crippen molar-refractivity contribution in [1.29, 1.82) is 0 Å². The van der Waals surface area contributed by atoms with Crippen LogP contribution in [0.15, 0.2) is 24.3 Å². The lowest BCUT2D eigenvalue weighted by Crippen LogP contribution is -2.19. The van der Waals surface area contributed by atoms with E-state index in [-0.39, 0.29) is 21.8 Å². The van der Waals surface area contributed by atoms with Gasteiger partial charge in [-0.3, -0.25) is 9.59 Å². The second-order valence-corrected chi connectivity index (χ2v) is 6.32. The SMILES string of the molecule is CCCOc1c(Cl)cc(C(=O)Nc2cc(OC)c(OC)cc2C(N)=O)cc1OC. The summed E-state index contributed by atoms with van der Waals surface area (Å²) in [6.07, 6.45) is 0.789. The molecule has 0 radical (unpaired) electrons. The number of ether oxygens (including phenoxy) is 4. The fourth-order valence-electron chi connectivity index (χ4n) is 2.58. The predicted octanol–water partition coefficient (Wildman–Crippen LogP) is 3.51. The Bertz CT molecular complexity index is 916. The fraction of sp³-hybridized carbons (Fsp3) is 0.300. The molecule has 0 aliphatic heterocycles. The molecule has 156 valence electrons. The van der Waals surface area contributed by atoms with Crippen LogP contribution >= 0.6 is 11.6 Å². The highest BCUT2D eigenvalue weighted by molar-refractivity contribution is 6.32. The van der Waals surface area contributed by atoms with Gasteiger partial charge in [0.15, 0.2) is 23.0 Å². The molecule has 3 N–H and O–H groups in total. The third kappa shape index (κ3) is 5.03. The first-order valence-electron chi connectivity index (χ1n) is 8.73. The van der Waals surface area contributed by atoms with E-state index >= 15 is 0 Å². The van der Waals surface area contributed by atoms with Gasteiger partial charge in [-0.05, 0) is 24.6 Å². The van der Waals surface area contributed by atoms with Gasteiger partial charge in [0.05, 0.1) is 44.2 Å². The smallest absolute Gasteiger partial charge is 0.255 e. The molecule has 0 unspecified atom stereocenters. The first-order valence-corrected chi connectivity index (χ1v) is 9.11. The molecular weight excluding hydrogens is 400 g/mol.